The maximum absolute atomic E-state index is 12.5. The highest BCUT2D eigenvalue weighted by Gasteiger charge is 2.59. The van der Waals surface area contributed by atoms with Gasteiger partial charge in [0.25, 0.3) is 0 Å². The van der Waals surface area contributed by atoms with Crippen LogP contribution in [-0.4, -0.2) is 31.2 Å². The lowest BCUT2D eigenvalue weighted by Gasteiger charge is -2.61. The Labute approximate surface area is 134 Å². The van der Waals surface area contributed by atoms with Crippen LogP contribution in [0.2, 0.25) is 0 Å². The highest BCUT2D eigenvalue weighted by molar-refractivity contribution is 5.85. The van der Waals surface area contributed by atoms with Crippen LogP contribution in [0.25, 0.3) is 0 Å². The molecule has 122 valence electrons. The van der Waals surface area contributed by atoms with E-state index in [1.807, 2.05) is 0 Å². The van der Waals surface area contributed by atoms with Gasteiger partial charge in [-0.15, -0.1) is 12.4 Å². The number of hydrogen-bond acceptors (Lipinski definition) is 3. The molecule has 4 nitrogen and oxygen atoms in total. The highest BCUT2D eigenvalue weighted by Crippen LogP contribution is 2.57. The average Bonchev–Trinajstić information content (AvgIpc) is 2.83. The highest BCUT2D eigenvalue weighted by atomic mass is 35.5. The third-order valence-electron chi connectivity index (χ3n) is 6.05. The van der Waals surface area contributed by atoms with Crippen LogP contribution in [0, 0.1) is 17.3 Å². The second-order valence-electron chi connectivity index (χ2n) is 6.86. The quantitative estimate of drug-likeness (QED) is 0.817. The van der Waals surface area contributed by atoms with Gasteiger partial charge >= 0.3 is 0 Å². The van der Waals surface area contributed by atoms with Gasteiger partial charge in [-0.2, -0.15) is 0 Å². The molecule has 0 heterocycles. The van der Waals surface area contributed by atoms with Gasteiger partial charge in [0, 0.05) is 24.0 Å². The third-order valence-corrected chi connectivity index (χ3v) is 6.05. The van der Waals surface area contributed by atoms with Gasteiger partial charge in [0.1, 0.15) is 0 Å². The van der Waals surface area contributed by atoms with Crippen LogP contribution in [0.5, 0.6) is 0 Å². The van der Waals surface area contributed by atoms with E-state index in [1.54, 1.807) is 0 Å². The van der Waals surface area contributed by atoms with Crippen LogP contribution in [0.4, 0.5) is 0 Å². The molecule has 4 atom stereocenters. The van der Waals surface area contributed by atoms with Crippen molar-refractivity contribution < 1.29 is 9.53 Å². The summed E-state index contributed by atoms with van der Waals surface area (Å²) in [6.45, 7) is 3.49. The van der Waals surface area contributed by atoms with Gasteiger partial charge in [-0.05, 0) is 51.5 Å². The maximum atomic E-state index is 12.5. The van der Waals surface area contributed by atoms with E-state index in [9.17, 15) is 4.79 Å². The SMILES string of the molecule is CCOC1CC(NC(=O)[C@@H]2CCC[C@@H]2CN)C12CCC2.Cl. The van der Waals surface area contributed by atoms with Crippen molar-refractivity contribution in [2.45, 2.75) is 64.0 Å². The summed E-state index contributed by atoms with van der Waals surface area (Å²) in [6, 6.07) is 0.347. The smallest absolute Gasteiger partial charge is 0.223 e. The standard InChI is InChI=1S/C16H28N2O2.ClH/c1-2-20-14-9-13(16(14)7-4-8-16)18-15(19)12-6-3-5-11(12)10-17;/h11-14H,2-10,17H2,1H3,(H,18,19);1H/t11-,12-,13?,14?;/m1./s1. The molecule has 0 aliphatic heterocycles. The van der Waals surface area contributed by atoms with Crippen molar-refractivity contribution in [1.82, 2.24) is 5.32 Å². The Kier molecular flexibility index (Phi) is 5.55. The zero-order valence-corrected chi connectivity index (χ0v) is 13.8. The Morgan fingerprint density at radius 3 is 2.67 bits per heavy atom. The Morgan fingerprint density at radius 2 is 2.10 bits per heavy atom. The largest absolute Gasteiger partial charge is 0.378 e. The fraction of sp³-hybridized carbons (Fsp3) is 0.938. The van der Waals surface area contributed by atoms with Gasteiger partial charge in [-0.25, -0.2) is 0 Å². The minimum Gasteiger partial charge on any atom is -0.378 e. The summed E-state index contributed by atoms with van der Waals surface area (Å²) in [5, 5.41) is 3.33. The van der Waals surface area contributed by atoms with Crippen LogP contribution in [-0.2, 0) is 9.53 Å². The van der Waals surface area contributed by atoms with Gasteiger partial charge in [0.15, 0.2) is 0 Å². The summed E-state index contributed by atoms with van der Waals surface area (Å²) >= 11 is 0. The molecule has 3 aliphatic carbocycles. The summed E-state index contributed by atoms with van der Waals surface area (Å²) in [4.78, 5) is 12.5. The number of amides is 1. The van der Waals surface area contributed by atoms with Crippen molar-refractivity contribution in [2.24, 2.45) is 23.0 Å². The topological polar surface area (TPSA) is 64.3 Å². The predicted molar refractivity (Wildman–Crippen MR) is 85.4 cm³/mol. The van der Waals surface area contributed by atoms with Crippen LogP contribution in [0.15, 0.2) is 0 Å². The Balaban J connectivity index is 0.00000161. The van der Waals surface area contributed by atoms with E-state index in [1.165, 1.54) is 19.3 Å². The molecular formula is C16H29ClN2O2. The zero-order valence-electron chi connectivity index (χ0n) is 13.0. The van der Waals surface area contributed by atoms with E-state index in [-0.39, 0.29) is 29.6 Å². The molecule has 0 bridgehead atoms. The molecule has 1 amide bonds. The maximum Gasteiger partial charge on any atom is 0.223 e. The number of carbonyl (C=O) groups is 1. The van der Waals surface area contributed by atoms with Crippen molar-refractivity contribution in [3.63, 3.8) is 0 Å². The van der Waals surface area contributed by atoms with E-state index < -0.39 is 0 Å². The molecule has 3 N–H and O–H groups in total. The number of rotatable bonds is 5. The lowest BCUT2D eigenvalue weighted by Crippen LogP contribution is -2.68. The Hall–Kier alpha value is -0.320. The number of halogens is 1. The molecule has 0 aromatic heterocycles. The minimum atomic E-state index is 0. The first-order valence-electron chi connectivity index (χ1n) is 8.33. The summed E-state index contributed by atoms with van der Waals surface area (Å²) < 4.78 is 5.84. The van der Waals surface area contributed by atoms with Gasteiger partial charge in [0.2, 0.25) is 5.91 Å². The predicted octanol–water partition coefficient (Wildman–Crippen LogP) is 2.25. The van der Waals surface area contributed by atoms with Gasteiger partial charge in [-0.3, -0.25) is 4.79 Å². The summed E-state index contributed by atoms with van der Waals surface area (Å²) in [5.74, 6) is 0.808. The number of nitrogens with one attached hydrogen (secondary N) is 1. The molecular weight excluding hydrogens is 288 g/mol. The van der Waals surface area contributed by atoms with Crippen molar-refractivity contribution >= 4 is 18.3 Å². The van der Waals surface area contributed by atoms with E-state index in [4.69, 9.17) is 10.5 Å². The first-order chi connectivity index (χ1) is 9.71. The van der Waals surface area contributed by atoms with Crippen LogP contribution in [0.3, 0.4) is 0 Å². The summed E-state index contributed by atoms with van der Waals surface area (Å²) in [7, 11) is 0. The lowest BCUT2D eigenvalue weighted by molar-refractivity contribution is -0.177. The van der Waals surface area contributed by atoms with Crippen LogP contribution in [0.1, 0.15) is 51.9 Å². The summed E-state index contributed by atoms with van der Waals surface area (Å²) in [5.41, 5.74) is 6.06. The summed E-state index contributed by atoms with van der Waals surface area (Å²) in [6.07, 6.45) is 8.37. The fourth-order valence-corrected chi connectivity index (χ4v) is 4.58. The molecule has 3 saturated carbocycles. The Morgan fingerprint density at radius 1 is 1.33 bits per heavy atom. The van der Waals surface area contributed by atoms with E-state index in [0.717, 1.165) is 32.3 Å². The minimum absolute atomic E-state index is 0. The molecule has 21 heavy (non-hydrogen) atoms. The molecule has 0 radical (unpaired) electrons. The van der Waals surface area contributed by atoms with Crippen LogP contribution < -0.4 is 11.1 Å². The first kappa shape index (κ1) is 17.0. The van der Waals surface area contributed by atoms with E-state index in [2.05, 4.69) is 12.2 Å². The number of hydrogen-bond donors (Lipinski definition) is 2. The molecule has 1 spiro atoms. The Bertz CT molecular complexity index is 373. The normalized spacial score (nSPS) is 36.5. The average molecular weight is 317 g/mol. The van der Waals surface area contributed by atoms with Crippen molar-refractivity contribution in [3.05, 3.63) is 0 Å². The molecule has 0 aromatic rings. The number of carbonyl (C=O) groups excluding carboxylic acids is 1. The first-order valence-corrected chi connectivity index (χ1v) is 8.33. The molecule has 0 saturated heterocycles. The second kappa shape index (κ2) is 6.84. The monoisotopic (exact) mass is 316 g/mol. The van der Waals surface area contributed by atoms with Gasteiger partial charge in [-0.1, -0.05) is 12.8 Å². The van der Waals surface area contributed by atoms with Crippen molar-refractivity contribution in [2.75, 3.05) is 13.2 Å². The van der Waals surface area contributed by atoms with Crippen molar-refractivity contribution in [3.8, 4) is 0 Å². The van der Waals surface area contributed by atoms with E-state index >= 15 is 0 Å². The number of nitrogens with two attached hydrogens (primary N) is 1. The van der Waals surface area contributed by atoms with Gasteiger partial charge < -0.3 is 15.8 Å². The fourth-order valence-electron chi connectivity index (χ4n) is 4.58. The van der Waals surface area contributed by atoms with Crippen LogP contribution >= 0.6 is 12.4 Å². The van der Waals surface area contributed by atoms with E-state index in [0.29, 0.717) is 24.6 Å². The molecule has 2 unspecified atom stereocenters. The second-order valence-corrected chi connectivity index (χ2v) is 6.86. The molecule has 5 heteroatoms. The van der Waals surface area contributed by atoms with Gasteiger partial charge in [0.05, 0.1) is 6.10 Å². The van der Waals surface area contributed by atoms with Crippen molar-refractivity contribution in [1.29, 1.82) is 0 Å². The molecule has 0 aromatic carbocycles. The number of ether oxygens (including phenoxy) is 1. The molecule has 3 aliphatic rings. The molecule has 3 fully saturated rings. The zero-order chi connectivity index (χ0) is 14.2. The molecule has 3 rings (SSSR count). The lowest BCUT2D eigenvalue weighted by atomic mass is 9.51. The third kappa shape index (κ3) is 2.82.